The van der Waals surface area contributed by atoms with Gasteiger partial charge in [-0.3, -0.25) is 0 Å². The summed E-state index contributed by atoms with van der Waals surface area (Å²) in [6, 6.07) is 7.93. The molecule has 0 fully saturated rings. The van der Waals surface area contributed by atoms with Crippen LogP contribution in [-0.2, 0) is 16.4 Å². The number of hydrogen-bond donors (Lipinski definition) is 2. The smallest absolute Gasteiger partial charge is 0.216 e. The molecule has 4 nitrogen and oxygen atoms in total. The van der Waals surface area contributed by atoms with Crippen LogP contribution in [0.15, 0.2) is 24.3 Å². The van der Waals surface area contributed by atoms with E-state index in [4.69, 9.17) is 5.73 Å². The Hall–Kier alpha value is -0.910. The van der Waals surface area contributed by atoms with Crippen LogP contribution in [0, 0.1) is 0 Å². The maximum Gasteiger partial charge on any atom is 0.216 e. The van der Waals surface area contributed by atoms with Crippen molar-refractivity contribution in [2.24, 2.45) is 5.73 Å². The third-order valence-corrected chi connectivity index (χ3v) is 5.40. The number of aryl methyl sites for hydroxylation is 1. The fraction of sp³-hybridized carbons (Fsp3) is 0.538. The average molecular weight is 268 g/mol. The van der Waals surface area contributed by atoms with Gasteiger partial charge >= 0.3 is 0 Å². The van der Waals surface area contributed by atoms with Gasteiger partial charge in [0.2, 0.25) is 10.0 Å². The van der Waals surface area contributed by atoms with Crippen LogP contribution in [0.4, 0.5) is 0 Å². The number of hydrogen-bond acceptors (Lipinski definition) is 3. The van der Waals surface area contributed by atoms with Crippen molar-refractivity contribution in [2.45, 2.75) is 37.5 Å². The van der Waals surface area contributed by atoms with Gasteiger partial charge in [0.15, 0.2) is 0 Å². The topological polar surface area (TPSA) is 72.2 Å². The summed E-state index contributed by atoms with van der Waals surface area (Å²) in [5.41, 5.74) is 7.79. The predicted octanol–water partition coefficient (Wildman–Crippen LogP) is 1.33. The largest absolute Gasteiger partial charge is 0.329 e. The van der Waals surface area contributed by atoms with Crippen LogP contribution in [0.3, 0.4) is 0 Å². The Morgan fingerprint density at radius 3 is 2.89 bits per heavy atom. The zero-order valence-electron chi connectivity index (χ0n) is 10.6. The summed E-state index contributed by atoms with van der Waals surface area (Å²) in [6.45, 7) is 1.78. The summed E-state index contributed by atoms with van der Waals surface area (Å²) in [4.78, 5) is 0. The fourth-order valence-corrected chi connectivity index (χ4v) is 3.44. The Morgan fingerprint density at radius 2 is 2.17 bits per heavy atom. The molecule has 0 aliphatic heterocycles. The molecule has 2 unspecified atom stereocenters. The maximum atomic E-state index is 12.0. The van der Waals surface area contributed by atoms with Gasteiger partial charge in [0.05, 0.1) is 5.25 Å². The molecule has 0 spiro atoms. The molecule has 3 N–H and O–H groups in total. The Balaban J connectivity index is 2.22. The highest BCUT2D eigenvalue weighted by Gasteiger charge is 2.27. The molecule has 0 bridgehead atoms. The molecule has 5 heteroatoms. The molecule has 1 aliphatic rings. The van der Waals surface area contributed by atoms with Gasteiger partial charge in [-0.15, -0.1) is 0 Å². The van der Waals surface area contributed by atoms with Crippen molar-refractivity contribution in [3.8, 4) is 0 Å². The van der Waals surface area contributed by atoms with Crippen LogP contribution in [0.2, 0.25) is 0 Å². The van der Waals surface area contributed by atoms with Crippen LogP contribution in [0.5, 0.6) is 0 Å². The Morgan fingerprint density at radius 1 is 1.44 bits per heavy atom. The maximum absolute atomic E-state index is 12.0. The number of benzene rings is 1. The van der Waals surface area contributed by atoms with E-state index >= 15 is 0 Å². The normalized spacial score (nSPS) is 21.3. The van der Waals surface area contributed by atoms with Gasteiger partial charge in [-0.2, -0.15) is 0 Å². The first-order chi connectivity index (χ1) is 8.54. The zero-order chi connectivity index (χ0) is 13.2. The van der Waals surface area contributed by atoms with E-state index < -0.39 is 15.3 Å². The van der Waals surface area contributed by atoms with Gasteiger partial charge in [-0.1, -0.05) is 24.3 Å². The highest BCUT2D eigenvalue weighted by molar-refractivity contribution is 7.90. The summed E-state index contributed by atoms with van der Waals surface area (Å²) >= 11 is 0. The summed E-state index contributed by atoms with van der Waals surface area (Å²) < 4.78 is 26.9. The molecule has 0 heterocycles. The minimum absolute atomic E-state index is 0.103. The number of fused-ring (bicyclic) bond motifs is 1. The van der Waals surface area contributed by atoms with Gasteiger partial charge in [0.25, 0.3) is 0 Å². The molecule has 1 aromatic rings. The van der Waals surface area contributed by atoms with E-state index in [0.29, 0.717) is 0 Å². The Kier molecular flexibility index (Phi) is 4.04. The number of rotatable bonds is 4. The van der Waals surface area contributed by atoms with E-state index in [1.54, 1.807) is 6.92 Å². The van der Waals surface area contributed by atoms with Crippen molar-refractivity contribution >= 4 is 10.0 Å². The van der Waals surface area contributed by atoms with Crippen molar-refractivity contribution in [3.05, 3.63) is 35.4 Å². The lowest BCUT2D eigenvalue weighted by Gasteiger charge is -2.27. The van der Waals surface area contributed by atoms with Crippen molar-refractivity contribution in [1.82, 2.24) is 4.72 Å². The zero-order valence-corrected chi connectivity index (χ0v) is 11.4. The van der Waals surface area contributed by atoms with E-state index in [1.807, 2.05) is 18.2 Å². The number of nitrogens with one attached hydrogen (secondary N) is 1. The van der Waals surface area contributed by atoms with E-state index in [0.717, 1.165) is 24.8 Å². The third-order valence-electron chi connectivity index (χ3n) is 3.54. The number of nitrogens with two attached hydrogens (primary N) is 1. The van der Waals surface area contributed by atoms with Crippen LogP contribution in [0.1, 0.15) is 36.9 Å². The second-order valence-electron chi connectivity index (χ2n) is 4.85. The minimum Gasteiger partial charge on any atom is -0.329 e. The average Bonchev–Trinajstić information content (AvgIpc) is 2.38. The molecule has 100 valence electrons. The molecule has 0 amide bonds. The van der Waals surface area contributed by atoms with E-state index in [2.05, 4.69) is 10.8 Å². The minimum atomic E-state index is -3.33. The van der Waals surface area contributed by atoms with Crippen molar-refractivity contribution in [2.75, 3.05) is 6.54 Å². The molecule has 1 aromatic carbocycles. The highest BCUT2D eigenvalue weighted by atomic mass is 32.2. The fourth-order valence-electron chi connectivity index (χ4n) is 2.32. The van der Waals surface area contributed by atoms with Crippen LogP contribution < -0.4 is 10.5 Å². The molecule has 0 saturated carbocycles. The molecule has 2 rings (SSSR count). The highest BCUT2D eigenvalue weighted by Crippen LogP contribution is 2.30. The first kappa shape index (κ1) is 13.5. The van der Waals surface area contributed by atoms with Crippen LogP contribution in [-0.4, -0.2) is 20.2 Å². The SMILES string of the molecule is CC(CN)S(=O)(=O)NC1CCCc2ccccc21. The first-order valence-corrected chi connectivity index (χ1v) is 7.88. The third kappa shape index (κ3) is 2.74. The van der Waals surface area contributed by atoms with Gasteiger partial charge in [-0.05, 0) is 37.3 Å². The lowest BCUT2D eigenvalue weighted by Crippen LogP contribution is -2.40. The molecular weight excluding hydrogens is 248 g/mol. The summed E-state index contributed by atoms with van der Waals surface area (Å²) in [5.74, 6) is 0. The second kappa shape index (κ2) is 5.38. The summed E-state index contributed by atoms with van der Waals surface area (Å²) in [5, 5.41) is -0.549. The molecule has 0 saturated heterocycles. The van der Waals surface area contributed by atoms with Gasteiger partial charge in [0.1, 0.15) is 0 Å². The van der Waals surface area contributed by atoms with Gasteiger partial charge < -0.3 is 5.73 Å². The monoisotopic (exact) mass is 268 g/mol. The number of sulfonamides is 1. The molecule has 0 radical (unpaired) electrons. The second-order valence-corrected chi connectivity index (χ2v) is 6.98. The van der Waals surface area contributed by atoms with E-state index in [1.165, 1.54) is 5.56 Å². The van der Waals surface area contributed by atoms with E-state index in [9.17, 15) is 8.42 Å². The summed E-state index contributed by atoms with van der Waals surface area (Å²) in [7, 11) is -3.33. The quantitative estimate of drug-likeness (QED) is 0.865. The lowest BCUT2D eigenvalue weighted by atomic mass is 9.88. The van der Waals surface area contributed by atoms with Gasteiger partial charge in [0, 0.05) is 12.6 Å². The molecule has 2 atom stereocenters. The predicted molar refractivity (Wildman–Crippen MR) is 72.7 cm³/mol. The van der Waals surface area contributed by atoms with Crippen LogP contribution >= 0.6 is 0 Å². The van der Waals surface area contributed by atoms with Crippen LogP contribution in [0.25, 0.3) is 0 Å². The first-order valence-electron chi connectivity index (χ1n) is 6.33. The van der Waals surface area contributed by atoms with Gasteiger partial charge in [-0.25, -0.2) is 13.1 Å². The Bertz CT molecular complexity index is 513. The molecule has 18 heavy (non-hydrogen) atoms. The molecule has 0 aromatic heterocycles. The standard InChI is InChI=1S/C13H20N2O2S/c1-10(9-14)18(16,17)15-13-8-4-6-11-5-2-3-7-12(11)13/h2-3,5,7,10,13,15H,4,6,8-9,14H2,1H3. The van der Waals surface area contributed by atoms with Crippen molar-refractivity contribution in [1.29, 1.82) is 0 Å². The lowest BCUT2D eigenvalue weighted by molar-refractivity contribution is 0.501. The molecular formula is C13H20N2O2S. The van der Waals surface area contributed by atoms with E-state index in [-0.39, 0.29) is 12.6 Å². The van der Waals surface area contributed by atoms with Crippen molar-refractivity contribution < 1.29 is 8.42 Å². The van der Waals surface area contributed by atoms with Crippen molar-refractivity contribution in [3.63, 3.8) is 0 Å². The Labute approximate surface area is 109 Å². The molecule has 1 aliphatic carbocycles. The summed E-state index contributed by atoms with van der Waals surface area (Å²) in [6.07, 6.45) is 2.90.